The molecule has 1 rings (SSSR count). The topological polar surface area (TPSA) is 29.1 Å². The molecule has 0 saturated heterocycles. The highest BCUT2D eigenvalue weighted by atomic mass is 79.9. The fraction of sp³-hybridized carbons (Fsp3) is 0.500. The minimum atomic E-state index is 0.0274. The Morgan fingerprint density at radius 1 is 1.39 bits per heavy atom. The number of amides is 1. The molecule has 0 radical (unpaired) electrons. The van der Waals surface area contributed by atoms with Crippen molar-refractivity contribution < 1.29 is 4.79 Å². The third-order valence-electron chi connectivity index (χ3n) is 2.89. The van der Waals surface area contributed by atoms with Crippen LogP contribution in [-0.4, -0.2) is 23.5 Å². The second-order valence-corrected chi connectivity index (χ2v) is 6.14. The molecule has 4 heteroatoms. The van der Waals surface area contributed by atoms with Crippen molar-refractivity contribution in [3.05, 3.63) is 29.8 Å². The Morgan fingerprint density at radius 3 is 2.61 bits per heavy atom. The van der Waals surface area contributed by atoms with E-state index in [1.165, 1.54) is 0 Å². The van der Waals surface area contributed by atoms with Crippen LogP contribution in [0.15, 0.2) is 29.2 Å². The van der Waals surface area contributed by atoms with Crippen molar-refractivity contribution in [2.24, 2.45) is 5.92 Å². The van der Waals surface area contributed by atoms with Crippen molar-refractivity contribution in [1.29, 1.82) is 0 Å². The Morgan fingerprint density at radius 2 is 2.06 bits per heavy atom. The Hall–Kier alpha value is -0.480. The molecule has 1 amide bonds. The van der Waals surface area contributed by atoms with Gasteiger partial charge in [0.2, 0.25) is 0 Å². The fourth-order valence-corrected chi connectivity index (χ4v) is 2.86. The van der Waals surface area contributed by atoms with Crippen LogP contribution in [0, 0.1) is 5.92 Å². The van der Waals surface area contributed by atoms with Crippen molar-refractivity contribution in [2.45, 2.75) is 31.2 Å². The van der Waals surface area contributed by atoms with E-state index in [2.05, 4.69) is 35.1 Å². The predicted octanol–water partition coefficient (Wildman–Crippen LogP) is 3.95. The van der Waals surface area contributed by atoms with Gasteiger partial charge in [-0.05, 0) is 30.7 Å². The zero-order valence-electron chi connectivity index (χ0n) is 11.1. The van der Waals surface area contributed by atoms with Crippen molar-refractivity contribution >= 4 is 33.6 Å². The van der Waals surface area contributed by atoms with Crippen LogP contribution < -0.4 is 5.32 Å². The summed E-state index contributed by atoms with van der Waals surface area (Å²) < 4.78 is 0. The number of carbonyl (C=O) groups excluding carboxylic acids is 1. The SMILES string of the molecule is CSc1ccccc1C(=O)NC(CCBr)C(C)C. The minimum absolute atomic E-state index is 0.0274. The summed E-state index contributed by atoms with van der Waals surface area (Å²) in [5.74, 6) is 0.465. The molecule has 1 N–H and O–H groups in total. The molecule has 0 fully saturated rings. The maximum absolute atomic E-state index is 12.3. The summed E-state index contributed by atoms with van der Waals surface area (Å²) in [6.45, 7) is 4.27. The van der Waals surface area contributed by atoms with Crippen LogP contribution in [0.2, 0.25) is 0 Å². The van der Waals surface area contributed by atoms with Gasteiger partial charge in [0.25, 0.3) is 5.91 Å². The summed E-state index contributed by atoms with van der Waals surface area (Å²) in [5, 5.41) is 4.03. The Balaban J connectivity index is 2.80. The Kier molecular flexibility index (Phi) is 6.79. The lowest BCUT2D eigenvalue weighted by atomic mass is 10.0. The van der Waals surface area contributed by atoms with Crippen LogP contribution in [0.5, 0.6) is 0 Å². The molecule has 0 saturated carbocycles. The largest absolute Gasteiger partial charge is 0.349 e. The highest BCUT2D eigenvalue weighted by molar-refractivity contribution is 9.09. The molecule has 1 aromatic carbocycles. The first-order valence-corrected chi connectivity index (χ1v) is 8.44. The van der Waals surface area contributed by atoms with Gasteiger partial charge in [-0.3, -0.25) is 4.79 Å². The van der Waals surface area contributed by atoms with Crippen LogP contribution >= 0.6 is 27.7 Å². The monoisotopic (exact) mass is 329 g/mol. The zero-order valence-corrected chi connectivity index (χ0v) is 13.5. The predicted molar refractivity (Wildman–Crippen MR) is 82.7 cm³/mol. The van der Waals surface area contributed by atoms with Crippen LogP contribution in [-0.2, 0) is 0 Å². The smallest absolute Gasteiger partial charge is 0.252 e. The number of carbonyl (C=O) groups is 1. The molecule has 0 aliphatic rings. The average Bonchev–Trinajstić information content (AvgIpc) is 2.37. The van der Waals surface area contributed by atoms with E-state index < -0.39 is 0 Å². The van der Waals surface area contributed by atoms with Gasteiger partial charge in [-0.15, -0.1) is 11.8 Å². The van der Waals surface area contributed by atoms with Gasteiger partial charge in [0.15, 0.2) is 0 Å². The summed E-state index contributed by atoms with van der Waals surface area (Å²) in [4.78, 5) is 13.3. The number of nitrogens with one attached hydrogen (secondary N) is 1. The maximum atomic E-state index is 12.3. The molecule has 100 valence electrons. The molecule has 1 atom stereocenters. The quantitative estimate of drug-likeness (QED) is 0.632. The molecule has 0 aliphatic carbocycles. The van der Waals surface area contributed by atoms with Crippen LogP contribution in [0.3, 0.4) is 0 Å². The van der Waals surface area contributed by atoms with E-state index in [0.717, 1.165) is 22.2 Å². The summed E-state index contributed by atoms with van der Waals surface area (Å²) >= 11 is 5.04. The molecule has 1 unspecified atom stereocenters. The third kappa shape index (κ3) is 4.32. The van der Waals surface area contributed by atoms with Crippen LogP contribution in [0.4, 0.5) is 0 Å². The van der Waals surface area contributed by atoms with E-state index in [4.69, 9.17) is 0 Å². The molecule has 18 heavy (non-hydrogen) atoms. The molecular weight excluding hydrogens is 310 g/mol. The number of thioether (sulfide) groups is 1. The number of rotatable bonds is 6. The van der Waals surface area contributed by atoms with E-state index in [0.29, 0.717) is 5.92 Å². The molecule has 1 aromatic rings. The molecule has 2 nitrogen and oxygen atoms in total. The van der Waals surface area contributed by atoms with E-state index in [-0.39, 0.29) is 11.9 Å². The second-order valence-electron chi connectivity index (χ2n) is 4.50. The molecule has 0 heterocycles. The Labute approximate surface area is 122 Å². The van der Waals surface area contributed by atoms with E-state index in [9.17, 15) is 4.79 Å². The average molecular weight is 330 g/mol. The number of benzene rings is 1. The molecule has 0 spiro atoms. The highest BCUT2D eigenvalue weighted by Crippen LogP contribution is 2.20. The lowest BCUT2D eigenvalue weighted by Crippen LogP contribution is -2.39. The molecule has 0 aliphatic heterocycles. The lowest BCUT2D eigenvalue weighted by molar-refractivity contribution is 0.0922. The van der Waals surface area contributed by atoms with Gasteiger partial charge in [-0.1, -0.05) is 41.9 Å². The number of alkyl halides is 1. The zero-order chi connectivity index (χ0) is 13.5. The van der Waals surface area contributed by atoms with E-state index in [1.54, 1.807) is 11.8 Å². The molecule has 0 bridgehead atoms. The first-order valence-electron chi connectivity index (χ1n) is 6.10. The summed E-state index contributed by atoms with van der Waals surface area (Å²) in [5.41, 5.74) is 0.769. The number of halogens is 1. The highest BCUT2D eigenvalue weighted by Gasteiger charge is 2.18. The molecular formula is C14H20BrNOS. The van der Waals surface area contributed by atoms with Gasteiger partial charge >= 0.3 is 0 Å². The number of hydrogen-bond donors (Lipinski definition) is 1. The van der Waals surface area contributed by atoms with E-state index in [1.807, 2.05) is 30.5 Å². The van der Waals surface area contributed by atoms with Crippen molar-refractivity contribution in [3.63, 3.8) is 0 Å². The lowest BCUT2D eigenvalue weighted by Gasteiger charge is -2.22. The van der Waals surface area contributed by atoms with Gasteiger partial charge in [-0.2, -0.15) is 0 Å². The summed E-state index contributed by atoms with van der Waals surface area (Å²) in [6, 6.07) is 7.94. The van der Waals surface area contributed by atoms with Crippen LogP contribution in [0.1, 0.15) is 30.6 Å². The normalized spacial score (nSPS) is 12.5. The standard InChI is InChI=1S/C14H20BrNOS/c1-10(2)12(8-9-15)16-14(17)11-6-4-5-7-13(11)18-3/h4-7,10,12H,8-9H2,1-3H3,(H,16,17). The van der Waals surface area contributed by atoms with Crippen molar-refractivity contribution in [3.8, 4) is 0 Å². The minimum Gasteiger partial charge on any atom is -0.349 e. The Bertz CT molecular complexity index is 395. The van der Waals surface area contributed by atoms with Gasteiger partial charge < -0.3 is 5.32 Å². The first-order chi connectivity index (χ1) is 8.60. The van der Waals surface area contributed by atoms with Gasteiger partial charge in [0.1, 0.15) is 0 Å². The number of hydrogen-bond acceptors (Lipinski definition) is 2. The van der Waals surface area contributed by atoms with Gasteiger partial charge in [-0.25, -0.2) is 0 Å². The summed E-state index contributed by atoms with van der Waals surface area (Å²) in [7, 11) is 0. The van der Waals surface area contributed by atoms with Crippen LogP contribution in [0.25, 0.3) is 0 Å². The maximum Gasteiger partial charge on any atom is 0.252 e. The van der Waals surface area contributed by atoms with Crippen molar-refractivity contribution in [1.82, 2.24) is 5.32 Å². The van der Waals surface area contributed by atoms with Crippen molar-refractivity contribution in [2.75, 3.05) is 11.6 Å². The summed E-state index contributed by atoms with van der Waals surface area (Å²) in [6.07, 6.45) is 2.94. The first kappa shape index (κ1) is 15.6. The van der Waals surface area contributed by atoms with Gasteiger partial charge in [0.05, 0.1) is 5.56 Å². The van der Waals surface area contributed by atoms with E-state index >= 15 is 0 Å². The second kappa shape index (κ2) is 7.85. The fourth-order valence-electron chi connectivity index (χ4n) is 1.77. The molecule has 0 aromatic heterocycles. The van der Waals surface area contributed by atoms with Gasteiger partial charge in [0, 0.05) is 16.3 Å². The third-order valence-corrected chi connectivity index (χ3v) is 4.15.